The van der Waals surface area contributed by atoms with Gasteiger partial charge in [0.05, 0.1) is 6.04 Å². The van der Waals surface area contributed by atoms with Crippen molar-refractivity contribution in [1.82, 2.24) is 4.90 Å². The number of alkyl halides is 3. The Morgan fingerprint density at radius 2 is 1.78 bits per heavy atom. The molecule has 1 unspecified atom stereocenters. The third kappa shape index (κ3) is 3.44. The molecule has 128 valence electrons. The third-order valence-corrected chi connectivity index (χ3v) is 3.98. The summed E-state index contributed by atoms with van der Waals surface area (Å²) in [6.45, 7) is -0.361. The first-order valence-corrected chi connectivity index (χ1v) is 6.79. The SMILES string of the molecule is CC1[C@H](c2c(F)ccc(F)c2F)C[C@H](N)C(=O)N1CC(F)(F)F. The van der Waals surface area contributed by atoms with Crippen LogP contribution in [0, 0.1) is 17.5 Å². The Balaban J connectivity index is 2.44. The molecule has 2 N–H and O–H groups in total. The van der Waals surface area contributed by atoms with Crippen LogP contribution in [-0.4, -0.2) is 35.6 Å². The molecule has 0 aromatic heterocycles. The first-order chi connectivity index (χ1) is 10.5. The summed E-state index contributed by atoms with van der Waals surface area (Å²) < 4.78 is 79.1. The maximum Gasteiger partial charge on any atom is 0.406 e. The summed E-state index contributed by atoms with van der Waals surface area (Å²) in [6, 6.07) is -1.26. The number of likely N-dealkylation sites (tertiary alicyclic amines) is 1. The number of amides is 1. The molecule has 1 heterocycles. The number of benzene rings is 1. The molecule has 0 radical (unpaired) electrons. The van der Waals surface area contributed by atoms with E-state index in [1.807, 2.05) is 0 Å². The van der Waals surface area contributed by atoms with Crippen LogP contribution >= 0.6 is 0 Å². The predicted octanol–water partition coefficient (Wildman–Crippen LogP) is 2.70. The van der Waals surface area contributed by atoms with E-state index in [1.165, 1.54) is 6.92 Å². The molecule has 2 rings (SSSR count). The van der Waals surface area contributed by atoms with E-state index in [2.05, 4.69) is 0 Å². The first kappa shape index (κ1) is 17.6. The number of halogens is 6. The van der Waals surface area contributed by atoms with E-state index in [9.17, 15) is 31.1 Å². The molecule has 1 aliphatic rings. The molecular formula is C14H14F6N2O. The Morgan fingerprint density at radius 3 is 2.35 bits per heavy atom. The lowest BCUT2D eigenvalue weighted by molar-refractivity contribution is -0.170. The fraction of sp³-hybridized carbons (Fsp3) is 0.500. The second-order valence-electron chi connectivity index (χ2n) is 5.53. The molecule has 3 atom stereocenters. The summed E-state index contributed by atoms with van der Waals surface area (Å²) in [5.74, 6) is -6.02. The van der Waals surface area contributed by atoms with Crippen molar-refractivity contribution in [3.05, 3.63) is 35.1 Å². The Hall–Kier alpha value is -1.77. The van der Waals surface area contributed by atoms with Gasteiger partial charge in [-0.1, -0.05) is 0 Å². The number of piperidine rings is 1. The molecule has 1 aliphatic heterocycles. The van der Waals surface area contributed by atoms with Gasteiger partial charge >= 0.3 is 6.18 Å². The average Bonchev–Trinajstić information content (AvgIpc) is 2.44. The Morgan fingerprint density at radius 1 is 1.22 bits per heavy atom. The van der Waals surface area contributed by atoms with Crippen LogP contribution in [0.5, 0.6) is 0 Å². The summed E-state index contributed by atoms with van der Waals surface area (Å²) in [5, 5.41) is 0. The molecule has 0 aliphatic carbocycles. The van der Waals surface area contributed by atoms with Crippen molar-refractivity contribution >= 4 is 5.91 Å². The van der Waals surface area contributed by atoms with Crippen molar-refractivity contribution in [3.8, 4) is 0 Å². The molecule has 23 heavy (non-hydrogen) atoms. The zero-order valence-corrected chi connectivity index (χ0v) is 12.0. The molecule has 1 aromatic rings. The van der Waals surface area contributed by atoms with Gasteiger partial charge in [0, 0.05) is 17.5 Å². The highest BCUT2D eigenvalue weighted by atomic mass is 19.4. The number of carbonyl (C=O) groups excluding carboxylic acids is 1. The standard InChI is InChI=1S/C14H14F6N2O/c1-6-7(11-8(15)2-3-9(16)12(11)17)4-10(21)13(23)22(6)5-14(18,19)20/h2-3,6-7,10H,4-5,21H2,1H3/t6?,7-,10+/m1/s1. The second-order valence-corrected chi connectivity index (χ2v) is 5.53. The van der Waals surface area contributed by atoms with Crippen molar-refractivity contribution in [3.63, 3.8) is 0 Å². The third-order valence-electron chi connectivity index (χ3n) is 3.98. The Kier molecular flexibility index (Phi) is 4.61. The first-order valence-electron chi connectivity index (χ1n) is 6.79. The van der Waals surface area contributed by atoms with Crippen LogP contribution < -0.4 is 5.73 Å². The zero-order chi connectivity index (χ0) is 17.5. The summed E-state index contributed by atoms with van der Waals surface area (Å²) in [5.41, 5.74) is 4.83. The minimum absolute atomic E-state index is 0.272. The lowest BCUT2D eigenvalue weighted by atomic mass is 9.81. The lowest BCUT2D eigenvalue weighted by Crippen LogP contribution is -2.57. The summed E-state index contributed by atoms with van der Waals surface area (Å²) >= 11 is 0. The fourth-order valence-electron chi connectivity index (χ4n) is 2.86. The van der Waals surface area contributed by atoms with Crippen LogP contribution in [0.4, 0.5) is 26.3 Å². The molecule has 1 aromatic carbocycles. The highest BCUT2D eigenvalue weighted by molar-refractivity contribution is 5.83. The number of carbonyl (C=O) groups is 1. The Bertz CT molecular complexity index is 618. The van der Waals surface area contributed by atoms with Crippen molar-refractivity contribution in [2.75, 3.05) is 6.54 Å². The van der Waals surface area contributed by atoms with Crippen molar-refractivity contribution < 1.29 is 31.1 Å². The molecule has 3 nitrogen and oxygen atoms in total. The number of hydrogen-bond donors (Lipinski definition) is 1. The van der Waals surface area contributed by atoms with Gasteiger partial charge < -0.3 is 10.6 Å². The van der Waals surface area contributed by atoms with Crippen LogP contribution in [0.3, 0.4) is 0 Å². The molecule has 0 saturated carbocycles. The number of nitrogens with two attached hydrogens (primary N) is 1. The number of hydrogen-bond acceptors (Lipinski definition) is 2. The molecule has 9 heteroatoms. The lowest BCUT2D eigenvalue weighted by Gasteiger charge is -2.42. The van der Waals surface area contributed by atoms with Gasteiger partial charge in [-0.15, -0.1) is 0 Å². The molecular weight excluding hydrogens is 326 g/mol. The van der Waals surface area contributed by atoms with Crippen LogP contribution in [0.1, 0.15) is 24.8 Å². The van der Waals surface area contributed by atoms with E-state index in [4.69, 9.17) is 5.73 Å². The Labute approximate surface area is 128 Å². The quantitative estimate of drug-likeness (QED) is 0.665. The van der Waals surface area contributed by atoms with E-state index in [0.29, 0.717) is 17.0 Å². The summed E-state index contributed by atoms with van der Waals surface area (Å²) in [4.78, 5) is 12.3. The summed E-state index contributed by atoms with van der Waals surface area (Å²) in [7, 11) is 0. The summed E-state index contributed by atoms with van der Waals surface area (Å²) in [6.07, 6.45) is -4.96. The highest BCUT2D eigenvalue weighted by Crippen LogP contribution is 2.37. The molecule has 0 spiro atoms. The predicted molar refractivity (Wildman–Crippen MR) is 68.9 cm³/mol. The largest absolute Gasteiger partial charge is 0.406 e. The maximum absolute atomic E-state index is 13.9. The minimum Gasteiger partial charge on any atom is -0.329 e. The van der Waals surface area contributed by atoms with E-state index in [-0.39, 0.29) is 6.42 Å². The van der Waals surface area contributed by atoms with Gasteiger partial charge in [-0.05, 0) is 25.5 Å². The van der Waals surface area contributed by atoms with Crippen LogP contribution in [0.2, 0.25) is 0 Å². The van der Waals surface area contributed by atoms with Crippen LogP contribution in [0.25, 0.3) is 0 Å². The van der Waals surface area contributed by atoms with Gasteiger partial charge in [-0.2, -0.15) is 13.2 Å². The fourth-order valence-corrected chi connectivity index (χ4v) is 2.86. The smallest absolute Gasteiger partial charge is 0.329 e. The topological polar surface area (TPSA) is 46.3 Å². The van der Waals surface area contributed by atoms with E-state index < -0.39 is 59.6 Å². The maximum atomic E-state index is 13.9. The molecule has 1 saturated heterocycles. The van der Waals surface area contributed by atoms with Gasteiger partial charge in [-0.25, -0.2) is 13.2 Å². The molecule has 0 bridgehead atoms. The van der Waals surface area contributed by atoms with Gasteiger partial charge in [0.1, 0.15) is 12.4 Å². The van der Waals surface area contributed by atoms with Gasteiger partial charge in [0.2, 0.25) is 5.91 Å². The van der Waals surface area contributed by atoms with Crippen LogP contribution in [0.15, 0.2) is 12.1 Å². The van der Waals surface area contributed by atoms with E-state index >= 15 is 0 Å². The van der Waals surface area contributed by atoms with Crippen molar-refractivity contribution in [1.29, 1.82) is 0 Å². The number of rotatable bonds is 2. The van der Waals surface area contributed by atoms with Gasteiger partial charge in [0.15, 0.2) is 11.6 Å². The number of nitrogens with zero attached hydrogens (tertiary/aromatic N) is 1. The average molecular weight is 340 g/mol. The van der Waals surface area contributed by atoms with E-state index in [0.717, 1.165) is 0 Å². The normalized spacial score (nSPS) is 25.8. The zero-order valence-electron chi connectivity index (χ0n) is 12.0. The highest BCUT2D eigenvalue weighted by Gasteiger charge is 2.45. The van der Waals surface area contributed by atoms with E-state index in [1.54, 1.807) is 0 Å². The van der Waals surface area contributed by atoms with Gasteiger partial charge in [-0.3, -0.25) is 4.79 Å². The molecule has 1 amide bonds. The second kappa shape index (κ2) is 6.03. The van der Waals surface area contributed by atoms with Crippen molar-refractivity contribution in [2.24, 2.45) is 5.73 Å². The van der Waals surface area contributed by atoms with Crippen LogP contribution in [-0.2, 0) is 4.79 Å². The molecule has 1 fully saturated rings. The monoisotopic (exact) mass is 340 g/mol. The minimum atomic E-state index is -4.69. The van der Waals surface area contributed by atoms with Gasteiger partial charge in [0.25, 0.3) is 0 Å². The van der Waals surface area contributed by atoms with Crippen molar-refractivity contribution in [2.45, 2.75) is 37.5 Å².